The Hall–Kier alpha value is -2.53. The predicted molar refractivity (Wildman–Crippen MR) is 97.9 cm³/mol. The van der Waals surface area contributed by atoms with E-state index in [2.05, 4.69) is 27.1 Å². The lowest BCUT2D eigenvalue weighted by molar-refractivity contribution is 0.0188. The number of aromatic nitrogens is 2. The van der Waals surface area contributed by atoms with E-state index in [1.165, 1.54) is 4.90 Å². The molecule has 2 aromatic rings. The Morgan fingerprint density at radius 3 is 2.62 bits per heavy atom. The second-order valence-electron chi connectivity index (χ2n) is 7.03. The lowest BCUT2D eigenvalue weighted by Crippen LogP contribution is -2.42. The van der Waals surface area contributed by atoms with Crippen LogP contribution in [-0.2, 0) is 11.2 Å². The molecule has 3 rings (SSSR count). The summed E-state index contributed by atoms with van der Waals surface area (Å²) in [4.78, 5) is 13.8. The van der Waals surface area contributed by atoms with Gasteiger partial charge in [-0.15, -0.1) is 5.10 Å². The van der Waals surface area contributed by atoms with Gasteiger partial charge in [-0.1, -0.05) is 15.9 Å². The van der Waals surface area contributed by atoms with E-state index in [4.69, 9.17) is 4.74 Å². The Labute approximate surface area is 159 Å². The highest BCUT2D eigenvalue weighted by Gasteiger charge is 2.38. The van der Waals surface area contributed by atoms with Gasteiger partial charge in [-0.25, -0.2) is 9.48 Å². The number of carbonyl (C=O) groups excluding carboxylic acids is 1. The number of aromatic hydroxyl groups is 1. The average molecular weight is 419 g/mol. The molecule has 1 atom stereocenters. The second-order valence-corrected chi connectivity index (χ2v) is 7.94. The van der Waals surface area contributed by atoms with Gasteiger partial charge in [0.05, 0.1) is 23.0 Å². The topological polar surface area (TPSA) is 91.4 Å². The van der Waals surface area contributed by atoms with Crippen LogP contribution in [0.1, 0.15) is 38.1 Å². The lowest BCUT2D eigenvalue weighted by atomic mass is 9.99. The number of hydrogen-bond donors (Lipinski definition) is 1. The van der Waals surface area contributed by atoms with Crippen LogP contribution in [0.25, 0.3) is 5.69 Å². The Kier molecular flexibility index (Phi) is 4.67. The summed E-state index contributed by atoms with van der Waals surface area (Å²) in [5, 5.41) is 24.2. The molecule has 26 heavy (non-hydrogen) atoms. The van der Waals surface area contributed by atoms with Crippen LogP contribution in [0.5, 0.6) is 5.88 Å². The SMILES string of the molecule is CC(C)(C)OC(=O)N1CCc2c(c(O)nn2-c2ccc(Br)cc2)[C@@H]1C#N. The highest BCUT2D eigenvalue weighted by molar-refractivity contribution is 9.10. The number of halogens is 1. The summed E-state index contributed by atoms with van der Waals surface area (Å²) in [7, 11) is 0. The first-order valence-electron chi connectivity index (χ1n) is 8.17. The molecular weight excluding hydrogens is 400 g/mol. The van der Waals surface area contributed by atoms with Crippen LogP contribution < -0.4 is 0 Å². The van der Waals surface area contributed by atoms with E-state index < -0.39 is 17.7 Å². The minimum absolute atomic E-state index is 0.247. The fourth-order valence-corrected chi connectivity index (χ4v) is 3.20. The molecular formula is C18H19BrN4O3. The summed E-state index contributed by atoms with van der Waals surface area (Å²) in [6.07, 6.45) is -0.124. The molecule has 8 heteroatoms. The van der Waals surface area contributed by atoms with Crippen molar-refractivity contribution in [2.45, 2.75) is 38.8 Å². The van der Waals surface area contributed by atoms with Crippen molar-refractivity contribution in [3.63, 3.8) is 0 Å². The first-order valence-corrected chi connectivity index (χ1v) is 8.96. The van der Waals surface area contributed by atoms with Crippen LogP contribution in [0.2, 0.25) is 0 Å². The standard InChI is InChI=1S/C18H19BrN4O3/c1-18(2,3)26-17(25)22-9-8-13-15(14(22)10-20)16(24)21-23(13)12-6-4-11(19)5-7-12/h4-7,14H,8-9H2,1-3H3,(H,21,24)/t14-/m0/s1. The maximum atomic E-state index is 12.5. The van der Waals surface area contributed by atoms with Crippen molar-refractivity contribution in [2.24, 2.45) is 0 Å². The van der Waals surface area contributed by atoms with E-state index in [0.717, 1.165) is 15.9 Å². The zero-order valence-electron chi connectivity index (χ0n) is 14.7. The maximum Gasteiger partial charge on any atom is 0.411 e. The summed E-state index contributed by atoms with van der Waals surface area (Å²) in [6, 6.07) is 8.61. The molecule has 1 aromatic heterocycles. The summed E-state index contributed by atoms with van der Waals surface area (Å²) in [6.45, 7) is 5.61. The van der Waals surface area contributed by atoms with Crippen LogP contribution >= 0.6 is 15.9 Å². The predicted octanol–water partition coefficient (Wildman–Crippen LogP) is 3.70. The number of nitrogens with zero attached hydrogens (tertiary/aromatic N) is 4. The minimum atomic E-state index is -0.946. The minimum Gasteiger partial charge on any atom is -0.492 e. The zero-order valence-corrected chi connectivity index (χ0v) is 16.3. The van der Waals surface area contributed by atoms with Crippen molar-refractivity contribution >= 4 is 22.0 Å². The summed E-state index contributed by atoms with van der Waals surface area (Å²) in [5.41, 5.74) is 1.18. The number of benzene rings is 1. The summed E-state index contributed by atoms with van der Waals surface area (Å²) in [5.74, 6) is -0.247. The number of hydrogen-bond acceptors (Lipinski definition) is 5. The van der Waals surface area contributed by atoms with Gasteiger partial charge in [0.15, 0.2) is 6.04 Å². The van der Waals surface area contributed by atoms with Gasteiger partial charge >= 0.3 is 6.09 Å². The van der Waals surface area contributed by atoms with E-state index in [-0.39, 0.29) is 5.88 Å². The van der Waals surface area contributed by atoms with Gasteiger partial charge in [0, 0.05) is 17.4 Å². The first-order chi connectivity index (χ1) is 12.2. The van der Waals surface area contributed by atoms with Gasteiger partial charge in [-0.05, 0) is 45.0 Å². The molecule has 1 aromatic carbocycles. The molecule has 0 aliphatic carbocycles. The van der Waals surface area contributed by atoms with Crippen molar-refractivity contribution < 1.29 is 14.6 Å². The number of carbonyl (C=O) groups is 1. The molecule has 0 saturated heterocycles. The Morgan fingerprint density at radius 2 is 2.04 bits per heavy atom. The number of rotatable bonds is 1. The molecule has 1 aliphatic rings. The third-order valence-electron chi connectivity index (χ3n) is 4.00. The van der Waals surface area contributed by atoms with E-state index in [0.29, 0.717) is 18.5 Å². The van der Waals surface area contributed by atoms with Gasteiger partial charge in [-0.2, -0.15) is 5.26 Å². The monoisotopic (exact) mass is 418 g/mol. The molecule has 0 fully saturated rings. The highest BCUT2D eigenvalue weighted by atomic mass is 79.9. The molecule has 7 nitrogen and oxygen atoms in total. The Bertz CT molecular complexity index is 878. The van der Waals surface area contributed by atoms with Crippen molar-refractivity contribution in [3.05, 3.63) is 40.0 Å². The maximum absolute atomic E-state index is 12.5. The lowest BCUT2D eigenvalue weighted by Gasteiger charge is -2.33. The largest absolute Gasteiger partial charge is 0.492 e. The highest BCUT2D eigenvalue weighted by Crippen LogP contribution is 2.37. The molecule has 0 bridgehead atoms. The van der Waals surface area contributed by atoms with Crippen LogP contribution in [0.15, 0.2) is 28.7 Å². The van der Waals surface area contributed by atoms with Gasteiger partial charge in [0.25, 0.3) is 0 Å². The van der Waals surface area contributed by atoms with Crippen molar-refractivity contribution in [2.75, 3.05) is 6.54 Å². The molecule has 0 saturated carbocycles. The number of amides is 1. The number of nitriles is 1. The number of fused-ring (bicyclic) bond motifs is 1. The Morgan fingerprint density at radius 1 is 1.38 bits per heavy atom. The molecule has 2 heterocycles. The third-order valence-corrected chi connectivity index (χ3v) is 4.53. The van der Waals surface area contributed by atoms with Crippen LogP contribution in [0.3, 0.4) is 0 Å². The summed E-state index contributed by atoms with van der Waals surface area (Å²) >= 11 is 3.39. The van der Waals surface area contributed by atoms with E-state index in [1.807, 2.05) is 24.3 Å². The molecule has 1 amide bonds. The van der Waals surface area contributed by atoms with Crippen molar-refractivity contribution in [3.8, 4) is 17.6 Å². The summed E-state index contributed by atoms with van der Waals surface area (Å²) < 4.78 is 7.94. The molecule has 136 valence electrons. The van der Waals surface area contributed by atoms with E-state index in [1.54, 1.807) is 25.5 Å². The average Bonchev–Trinajstić information content (AvgIpc) is 2.90. The zero-order chi connectivity index (χ0) is 19.1. The van der Waals surface area contributed by atoms with Gasteiger partial charge in [0.1, 0.15) is 5.60 Å². The molecule has 0 unspecified atom stereocenters. The third kappa shape index (κ3) is 3.40. The van der Waals surface area contributed by atoms with Crippen molar-refractivity contribution in [1.29, 1.82) is 5.26 Å². The van der Waals surface area contributed by atoms with Crippen LogP contribution in [0.4, 0.5) is 4.79 Å². The molecule has 0 spiro atoms. The molecule has 1 N–H and O–H groups in total. The van der Waals surface area contributed by atoms with E-state index >= 15 is 0 Å². The van der Waals surface area contributed by atoms with Crippen LogP contribution in [0, 0.1) is 11.3 Å². The second kappa shape index (κ2) is 6.65. The van der Waals surface area contributed by atoms with Crippen molar-refractivity contribution in [1.82, 2.24) is 14.7 Å². The van der Waals surface area contributed by atoms with Gasteiger partial charge in [-0.3, -0.25) is 4.90 Å². The van der Waals surface area contributed by atoms with Gasteiger partial charge in [0.2, 0.25) is 5.88 Å². The Balaban J connectivity index is 1.99. The molecule has 1 aliphatic heterocycles. The first kappa shape index (κ1) is 18.3. The fraction of sp³-hybridized carbons (Fsp3) is 0.389. The van der Waals surface area contributed by atoms with Gasteiger partial charge < -0.3 is 9.84 Å². The number of ether oxygens (including phenoxy) is 1. The smallest absolute Gasteiger partial charge is 0.411 e. The molecule has 0 radical (unpaired) electrons. The fourth-order valence-electron chi connectivity index (χ4n) is 2.93. The normalized spacial score (nSPS) is 16.7. The quantitative estimate of drug-likeness (QED) is 0.761. The van der Waals surface area contributed by atoms with E-state index in [9.17, 15) is 15.2 Å². The van der Waals surface area contributed by atoms with Crippen LogP contribution in [-0.4, -0.2) is 38.0 Å².